The van der Waals surface area contributed by atoms with Gasteiger partial charge in [-0.25, -0.2) is 0 Å². The lowest BCUT2D eigenvalue weighted by molar-refractivity contribution is 0.0788. The monoisotopic (exact) mass is 206 g/mol. The molecule has 1 aromatic carbocycles. The summed E-state index contributed by atoms with van der Waals surface area (Å²) < 4.78 is 0. The van der Waals surface area contributed by atoms with E-state index in [2.05, 4.69) is 0 Å². The lowest BCUT2D eigenvalue weighted by Crippen LogP contribution is -2.36. The van der Waals surface area contributed by atoms with Crippen LogP contribution < -0.4 is 5.73 Å². The van der Waals surface area contributed by atoms with Crippen molar-refractivity contribution < 1.29 is 4.79 Å². The minimum Gasteiger partial charge on any atom is -0.340 e. The van der Waals surface area contributed by atoms with Crippen LogP contribution in [0, 0.1) is 6.92 Å². The molecule has 1 rings (SSSR count). The maximum absolute atomic E-state index is 11.9. The molecule has 0 aliphatic heterocycles. The van der Waals surface area contributed by atoms with Gasteiger partial charge in [0, 0.05) is 25.2 Å². The highest BCUT2D eigenvalue weighted by molar-refractivity contribution is 5.94. The second-order valence-electron chi connectivity index (χ2n) is 4.03. The van der Waals surface area contributed by atoms with Gasteiger partial charge >= 0.3 is 0 Å². The number of hydrogen-bond acceptors (Lipinski definition) is 2. The highest BCUT2D eigenvalue weighted by Crippen LogP contribution is 2.06. The van der Waals surface area contributed by atoms with Gasteiger partial charge in [-0.2, -0.15) is 0 Å². The topological polar surface area (TPSA) is 46.3 Å². The maximum atomic E-state index is 11.9. The Bertz CT molecular complexity index is 347. The number of benzene rings is 1. The number of likely N-dealkylation sites (N-methyl/N-ethyl adjacent to an activating group) is 1. The summed E-state index contributed by atoms with van der Waals surface area (Å²) in [4.78, 5) is 13.6. The molecule has 82 valence electrons. The van der Waals surface area contributed by atoms with Gasteiger partial charge in [0.25, 0.3) is 5.91 Å². The quantitative estimate of drug-likeness (QED) is 0.813. The van der Waals surface area contributed by atoms with E-state index in [0.717, 1.165) is 11.1 Å². The number of hydrogen-bond donors (Lipinski definition) is 1. The molecule has 1 amide bonds. The van der Waals surface area contributed by atoms with E-state index < -0.39 is 0 Å². The number of rotatable bonds is 3. The highest BCUT2D eigenvalue weighted by atomic mass is 16.2. The van der Waals surface area contributed by atoms with E-state index in [4.69, 9.17) is 5.73 Å². The van der Waals surface area contributed by atoms with Gasteiger partial charge < -0.3 is 10.6 Å². The van der Waals surface area contributed by atoms with Crippen molar-refractivity contribution in [3.8, 4) is 0 Å². The third-order valence-corrected chi connectivity index (χ3v) is 2.17. The first-order chi connectivity index (χ1) is 7.00. The number of nitrogens with two attached hydrogens (primary N) is 1. The van der Waals surface area contributed by atoms with Crippen molar-refractivity contribution in [1.29, 1.82) is 0 Å². The molecular formula is C12H18N2O. The fourth-order valence-corrected chi connectivity index (χ4v) is 1.51. The predicted octanol–water partition coefficient (Wildman–Crippen LogP) is 1.41. The number of amides is 1. The molecule has 0 bridgehead atoms. The molecule has 0 saturated heterocycles. The van der Waals surface area contributed by atoms with E-state index in [-0.39, 0.29) is 11.9 Å². The molecule has 3 heteroatoms. The van der Waals surface area contributed by atoms with Crippen LogP contribution in [-0.4, -0.2) is 30.4 Å². The smallest absolute Gasteiger partial charge is 0.253 e. The lowest BCUT2D eigenvalue weighted by Gasteiger charge is -2.19. The summed E-state index contributed by atoms with van der Waals surface area (Å²) in [5, 5.41) is 0. The molecule has 1 aromatic rings. The summed E-state index contributed by atoms with van der Waals surface area (Å²) in [5.74, 6) is 0.0241. The highest BCUT2D eigenvalue weighted by Gasteiger charge is 2.12. The van der Waals surface area contributed by atoms with Crippen molar-refractivity contribution in [2.45, 2.75) is 19.9 Å². The number of nitrogens with zero attached hydrogens (tertiary/aromatic N) is 1. The Morgan fingerprint density at radius 1 is 1.53 bits per heavy atom. The van der Waals surface area contributed by atoms with Gasteiger partial charge in [-0.15, -0.1) is 0 Å². The summed E-state index contributed by atoms with van der Waals surface area (Å²) >= 11 is 0. The molecular weight excluding hydrogens is 188 g/mol. The second-order valence-corrected chi connectivity index (χ2v) is 4.03. The Morgan fingerprint density at radius 2 is 2.20 bits per heavy atom. The van der Waals surface area contributed by atoms with Gasteiger partial charge in [0.15, 0.2) is 0 Å². The van der Waals surface area contributed by atoms with Crippen LogP contribution in [0.4, 0.5) is 0 Å². The van der Waals surface area contributed by atoms with E-state index in [0.29, 0.717) is 6.54 Å². The van der Waals surface area contributed by atoms with Crippen molar-refractivity contribution in [2.75, 3.05) is 13.6 Å². The van der Waals surface area contributed by atoms with Crippen LogP contribution in [0.3, 0.4) is 0 Å². The molecule has 0 radical (unpaired) electrons. The molecule has 0 aliphatic rings. The van der Waals surface area contributed by atoms with Crippen LogP contribution in [0.1, 0.15) is 22.8 Å². The summed E-state index contributed by atoms with van der Waals surface area (Å²) in [5.41, 5.74) is 7.46. The zero-order valence-corrected chi connectivity index (χ0v) is 9.53. The molecule has 0 spiro atoms. The molecule has 1 unspecified atom stereocenters. The molecule has 0 aliphatic carbocycles. The largest absolute Gasteiger partial charge is 0.340 e. The van der Waals surface area contributed by atoms with Gasteiger partial charge in [-0.1, -0.05) is 17.7 Å². The molecule has 15 heavy (non-hydrogen) atoms. The Kier molecular flexibility index (Phi) is 3.86. The SMILES string of the molecule is Cc1cccc(C(=O)N(C)CC(C)N)c1. The summed E-state index contributed by atoms with van der Waals surface area (Å²) in [6, 6.07) is 7.58. The van der Waals surface area contributed by atoms with Crippen molar-refractivity contribution in [3.05, 3.63) is 35.4 Å². The first kappa shape index (κ1) is 11.7. The average molecular weight is 206 g/mol. The van der Waals surface area contributed by atoms with E-state index in [1.54, 1.807) is 11.9 Å². The van der Waals surface area contributed by atoms with Crippen molar-refractivity contribution in [2.24, 2.45) is 5.73 Å². The van der Waals surface area contributed by atoms with Crippen molar-refractivity contribution in [3.63, 3.8) is 0 Å². The van der Waals surface area contributed by atoms with E-state index in [1.807, 2.05) is 38.1 Å². The summed E-state index contributed by atoms with van der Waals surface area (Å²) in [6.07, 6.45) is 0. The Balaban J connectivity index is 2.76. The van der Waals surface area contributed by atoms with Crippen LogP contribution >= 0.6 is 0 Å². The fraction of sp³-hybridized carbons (Fsp3) is 0.417. The Hall–Kier alpha value is -1.35. The fourth-order valence-electron chi connectivity index (χ4n) is 1.51. The Labute approximate surface area is 90.9 Å². The Morgan fingerprint density at radius 3 is 2.73 bits per heavy atom. The first-order valence-corrected chi connectivity index (χ1v) is 5.08. The van der Waals surface area contributed by atoms with Crippen LogP contribution in [-0.2, 0) is 0 Å². The van der Waals surface area contributed by atoms with Gasteiger partial charge in [0.2, 0.25) is 0 Å². The summed E-state index contributed by atoms with van der Waals surface area (Å²) in [6.45, 7) is 4.44. The van der Waals surface area contributed by atoms with Gasteiger partial charge in [0.05, 0.1) is 0 Å². The number of carbonyl (C=O) groups is 1. The van der Waals surface area contributed by atoms with Crippen LogP contribution in [0.5, 0.6) is 0 Å². The van der Waals surface area contributed by atoms with Crippen LogP contribution in [0.2, 0.25) is 0 Å². The molecule has 0 aromatic heterocycles. The van der Waals surface area contributed by atoms with E-state index in [9.17, 15) is 4.79 Å². The predicted molar refractivity (Wildman–Crippen MR) is 61.8 cm³/mol. The third-order valence-electron chi connectivity index (χ3n) is 2.17. The first-order valence-electron chi connectivity index (χ1n) is 5.08. The van der Waals surface area contributed by atoms with Gasteiger partial charge in [0.1, 0.15) is 0 Å². The van der Waals surface area contributed by atoms with Gasteiger partial charge in [-0.05, 0) is 26.0 Å². The zero-order valence-electron chi connectivity index (χ0n) is 9.53. The number of carbonyl (C=O) groups excluding carboxylic acids is 1. The zero-order chi connectivity index (χ0) is 11.4. The normalized spacial score (nSPS) is 12.3. The lowest BCUT2D eigenvalue weighted by atomic mass is 10.1. The van der Waals surface area contributed by atoms with Crippen molar-refractivity contribution >= 4 is 5.91 Å². The third kappa shape index (κ3) is 3.36. The maximum Gasteiger partial charge on any atom is 0.253 e. The minimum absolute atomic E-state index is 0.00348. The second kappa shape index (κ2) is 4.94. The van der Waals surface area contributed by atoms with Crippen LogP contribution in [0.15, 0.2) is 24.3 Å². The van der Waals surface area contributed by atoms with E-state index >= 15 is 0 Å². The molecule has 1 atom stereocenters. The van der Waals surface area contributed by atoms with E-state index in [1.165, 1.54) is 0 Å². The molecule has 2 N–H and O–H groups in total. The molecule has 0 fully saturated rings. The summed E-state index contributed by atoms with van der Waals surface area (Å²) in [7, 11) is 1.77. The standard InChI is InChI=1S/C12H18N2O/c1-9-5-4-6-11(7-9)12(15)14(3)8-10(2)13/h4-7,10H,8,13H2,1-3H3. The molecule has 0 saturated carbocycles. The van der Waals surface area contributed by atoms with Crippen LogP contribution in [0.25, 0.3) is 0 Å². The average Bonchev–Trinajstić information content (AvgIpc) is 2.15. The molecule has 3 nitrogen and oxygen atoms in total. The minimum atomic E-state index is 0.00348. The number of aryl methyl sites for hydroxylation is 1. The van der Waals surface area contributed by atoms with Crippen molar-refractivity contribution in [1.82, 2.24) is 4.90 Å². The molecule has 0 heterocycles. The van der Waals surface area contributed by atoms with Gasteiger partial charge in [-0.3, -0.25) is 4.79 Å².